The van der Waals surface area contributed by atoms with Crippen molar-refractivity contribution >= 4 is 21.6 Å². The lowest BCUT2D eigenvalue weighted by atomic mass is 9.89. The van der Waals surface area contributed by atoms with Crippen molar-refractivity contribution in [2.24, 2.45) is 0 Å². The molecule has 0 N–H and O–H groups in total. The maximum Gasteiger partial charge on any atom is 0.0368 e. The molecule has 104 valence electrons. The SMILES string of the molecule is Cc1cccc(N2CCC(c3ccccc3Br)CC2)c1. The normalized spacial score (nSPS) is 16.4. The van der Waals surface area contributed by atoms with Crippen LogP contribution in [0.25, 0.3) is 0 Å². The third-order valence-corrected chi connectivity index (χ3v) is 4.93. The third kappa shape index (κ3) is 2.90. The van der Waals surface area contributed by atoms with Crippen LogP contribution in [0.3, 0.4) is 0 Å². The lowest BCUT2D eigenvalue weighted by Crippen LogP contribution is -2.32. The van der Waals surface area contributed by atoms with Gasteiger partial charge in [-0.2, -0.15) is 0 Å². The Morgan fingerprint density at radius 2 is 1.75 bits per heavy atom. The smallest absolute Gasteiger partial charge is 0.0368 e. The van der Waals surface area contributed by atoms with E-state index < -0.39 is 0 Å². The monoisotopic (exact) mass is 329 g/mol. The fraction of sp³-hybridized carbons (Fsp3) is 0.333. The largest absolute Gasteiger partial charge is 0.371 e. The molecule has 2 heteroatoms. The fourth-order valence-electron chi connectivity index (χ4n) is 3.08. The topological polar surface area (TPSA) is 3.24 Å². The van der Waals surface area contributed by atoms with Crippen LogP contribution in [0.1, 0.15) is 29.9 Å². The maximum absolute atomic E-state index is 3.69. The predicted octanol–water partition coefficient (Wildman–Crippen LogP) is 5.14. The van der Waals surface area contributed by atoms with Gasteiger partial charge in [0, 0.05) is 23.2 Å². The highest BCUT2D eigenvalue weighted by atomic mass is 79.9. The number of aryl methyl sites for hydroxylation is 1. The zero-order chi connectivity index (χ0) is 13.9. The number of hydrogen-bond acceptors (Lipinski definition) is 1. The van der Waals surface area contributed by atoms with Gasteiger partial charge in [0.1, 0.15) is 0 Å². The van der Waals surface area contributed by atoms with Gasteiger partial charge < -0.3 is 4.90 Å². The molecule has 1 saturated heterocycles. The standard InChI is InChI=1S/C18H20BrN/c1-14-5-4-6-16(13-14)20-11-9-15(10-12-20)17-7-2-3-8-18(17)19/h2-8,13,15H,9-12H2,1H3. The Hall–Kier alpha value is -1.28. The van der Waals surface area contributed by atoms with Crippen LogP contribution in [0.15, 0.2) is 53.0 Å². The molecule has 1 nitrogen and oxygen atoms in total. The minimum atomic E-state index is 0.687. The Labute approximate surface area is 129 Å². The summed E-state index contributed by atoms with van der Waals surface area (Å²) >= 11 is 3.69. The molecule has 1 fully saturated rings. The van der Waals surface area contributed by atoms with Gasteiger partial charge in [0.15, 0.2) is 0 Å². The number of benzene rings is 2. The van der Waals surface area contributed by atoms with E-state index in [1.807, 2.05) is 0 Å². The van der Waals surface area contributed by atoms with Crippen LogP contribution in [0, 0.1) is 6.92 Å². The van der Waals surface area contributed by atoms with Crippen LogP contribution in [0.4, 0.5) is 5.69 Å². The maximum atomic E-state index is 3.69. The van der Waals surface area contributed by atoms with Crippen LogP contribution >= 0.6 is 15.9 Å². The van der Waals surface area contributed by atoms with Gasteiger partial charge in [-0.3, -0.25) is 0 Å². The summed E-state index contributed by atoms with van der Waals surface area (Å²) in [6, 6.07) is 17.5. The van der Waals surface area contributed by atoms with Crippen molar-refractivity contribution in [3.63, 3.8) is 0 Å². The Morgan fingerprint density at radius 1 is 1.00 bits per heavy atom. The Kier molecular flexibility index (Phi) is 4.11. The molecule has 0 amide bonds. The van der Waals surface area contributed by atoms with Gasteiger partial charge in [0.2, 0.25) is 0 Å². The number of halogens is 1. The number of hydrogen-bond donors (Lipinski definition) is 0. The van der Waals surface area contributed by atoms with E-state index in [9.17, 15) is 0 Å². The van der Waals surface area contributed by atoms with Crippen LogP contribution in [0.5, 0.6) is 0 Å². The number of rotatable bonds is 2. The molecule has 2 aromatic carbocycles. The van der Waals surface area contributed by atoms with E-state index >= 15 is 0 Å². The van der Waals surface area contributed by atoms with Crippen molar-refractivity contribution in [2.75, 3.05) is 18.0 Å². The van der Waals surface area contributed by atoms with Crippen LogP contribution in [0.2, 0.25) is 0 Å². The van der Waals surface area contributed by atoms with E-state index in [1.54, 1.807) is 0 Å². The first-order valence-electron chi connectivity index (χ1n) is 7.30. The van der Waals surface area contributed by atoms with Crippen molar-refractivity contribution in [3.05, 3.63) is 64.1 Å². The number of nitrogens with zero attached hydrogens (tertiary/aromatic N) is 1. The number of piperidine rings is 1. The molecule has 1 heterocycles. The summed E-state index contributed by atoms with van der Waals surface area (Å²) in [5, 5.41) is 0. The van der Waals surface area contributed by atoms with Crippen LogP contribution in [-0.2, 0) is 0 Å². The van der Waals surface area contributed by atoms with Gasteiger partial charge >= 0.3 is 0 Å². The van der Waals surface area contributed by atoms with Crippen molar-refractivity contribution in [1.82, 2.24) is 0 Å². The Morgan fingerprint density at radius 3 is 2.45 bits per heavy atom. The summed E-state index contributed by atoms with van der Waals surface area (Å²) in [6.07, 6.45) is 2.47. The lowest BCUT2D eigenvalue weighted by molar-refractivity contribution is 0.504. The zero-order valence-electron chi connectivity index (χ0n) is 11.8. The van der Waals surface area contributed by atoms with E-state index in [2.05, 4.69) is 76.3 Å². The first kappa shape index (κ1) is 13.7. The molecule has 0 unspecified atom stereocenters. The van der Waals surface area contributed by atoms with Crippen LogP contribution in [-0.4, -0.2) is 13.1 Å². The average Bonchev–Trinajstić information content (AvgIpc) is 2.48. The molecule has 1 aliphatic rings. The summed E-state index contributed by atoms with van der Waals surface area (Å²) < 4.78 is 1.26. The number of anilines is 1. The summed E-state index contributed by atoms with van der Waals surface area (Å²) in [4.78, 5) is 2.51. The molecule has 0 atom stereocenters. The van der Waals surface area contributed by atoms with Crippen LogP contribution < -0.4 is 4.90 Å². The second-order valence-electron chi connectivity index (χ2n) is 5.62. The van der Waals surface area contributed by atoms with E-state index in [1.165, 1.54) is 34.1 Å². The predicted molar refractivity (Wildman–Crippen MR) is 89.5 cm³/mol. The van der Waals surface area contributed by atoms with Crippen molar-refractivity contribution < 1.29 is 0 Å². The average molecular weight is 330 g/mol. The third-order valence-electron chi connectivity index (χ3n) is 4.21. The molecule has 0 aromatic heterocycles. The highest BCUT2D eigenvalue weighted by Gasteiger charge is 2.22. The minimum Gasteiger partial charge on any atom is -0.371 e. The molecule has 0 saturated carbocycles. The molecular formula is C18H20BrN. The lowest BCUT2D eigenvalue weighted by Gasteiger charge is -2.34. The molecule has 20 heavy (non-hydrogen) atoms. The summed E-state index contributed by atoms with van der Waals surface area (Å²) in [5.74, 6) is 0.687. The molecular weight excluding hydrogens is 310 g/mol. The quantitative estimate of drug-likeness (QED) is 0.737. The van der Waals surface area contributed by atoms with Crippen molar-refractivity contribution in [1.29, 1.82) is 0 Å². The molecule has 1 aliphatic heterocycles. The zero-order valence-corrected chi connectivity index (χ0v) is 13.4. The van der Waals surface area contributed by atoms with Crippen molar-refractivity contribution in [3.8, 4) is 0 Å². The van der Waals surface area contributed by atoms with Gasteiger partial charge in [0.05, 0.1) is 0 Å². The van der Waals surface area contributed by atoms with E-state index in [4.69, 9.17) is 0 Å². The first-order chi connectivity index (χ1) is 9.74. The summed E-state index contributed by atoms with van der Waals surface area (Å²) in [6.45, 7) is 4.46. The van der Waals surface area contributed by atoms with Gasteiger partial charge in [-0.05, 0) is 55.0 Å². The second kappa shape index (κ2) is 6.01. The Balaban J connectivity index is 1.70. The first-order valence-corrected chi connectivity index (χ1v) is 8.09. The Bertz CT molecular complexity index is 585. The van der Waals surface area contributed by atoms with Gasteiger partial charge in [-0.15, -0.1) is 0 Å². The van der Waals surface area contributed by atoms with E-state index in [-0.39, 0.29) is 0 Å². The second-order valence-corrected chi connectivity index (χ2v) is 6.48. The molecule has 0 spiro atoms. The highest BCUT2D eigenvalue weighted by Crippen LogP contribution is 2.34. The highest BCUT2D eigenvalue weighted by molar-refractivity contribution is 9.10. The molecule has 0 aliphatic carbocycles. The minimum absolute atomic E-state index is 0.687. The van der Waals surface area contributed by atoms with E-state index in [0.29, 0.717) is 5.92 Å². The fourth-order valence-corrected chi connectivity index (χ4v) is 3.69. The molecule has 0 radical (unpaired) electrons. The van der Waals surface area contributed by atoms with E-state index in [0.717, 1.165) is 13.1 Å². The van der Waals surface area contributed by atoms with Gasteiger partial charge in [-0.1, -0.05) is 46.3 Å². The van der Waals surface area contributed by atoms with Gasteiger partial charge in [0.25, 0.3) is 0 Å². The molecule has 3 rings (SSSR count). The molecule has 2 aromatic rings. The molecule has 0 bridgehead atoms. The summed E-state index contributed by atoms with van der Waals surface area (Å²) in [7, 11) is 0. The van der Waals surface area contributed by atoms with Gasteiger partial charge in [-0.25, -0.2) is 0 Å². The summed E-state index contributed by atoms with van der Waals surface area (Å²) in [5.41, 5.74) is 4.18. The van der Waals surface area contributed by atoms with Crippen molar-refractivity contribution in [2.45, 2.75) is 25.7 Å².